The number of imide groups is 1. The molecule has 3 amide bonds. The number of nitrogens with zero attached hydrogens (tertiary/aromatic N) is 1. The number of thiazole rings is 1. The molecule has 3 heterocycles. The second-order valence-electron chi connectivity index (χ2n) is 12.6. The van der Waals surface area contributed by atoms with E-state index in [0.29, 0.717) is 39.5 Å². The summed E-state index contributed by atoms with van der Waals surface area (Å²) in [6, 6.07) is 17.7. The van der Waals surface area contributed by atoms with Crippen LogP contribution in [0.2, 0.25) is 10.0 Å². The largest absolute Gasteiger partial charge is 0.490 e. The zero-order valence-electron chi connectivity index (χ0n) is 25.8. The molecular formula is C35H28BrCl2N3O6S2. The molecule has 1 saturated heterocycles. The average molecular weight is 802 g/mol. The van der Waals surface area contributed by atoms with Crippen LogP contribution in [0.4, 0.5) is 11.4 Å². The first kappa shape index (κ1) is 32.9. The molecule has 2 N–H and O–H groups in total. The van der Waals surface area contributed by atoms with Gasteiger partial charge in [0.25, 0.3) is 5.91 Å². The van der Waals surface area contributed by atoms with E-state index >= 15 is 0 Å². The third-order valence-electron chi connectivity index (χ3n) is 10.00. The predicted molar refractivity (Wildman–Crippen MR) is 193 cm³/mol. The van der Waals surface area contributed by atoms with E-state index in [9.17, 15) is 19.2 Å². The maximum Gasteiger partial charge on any atom is 0.305 e. The second kappa shape index (κ2) is 12.8. The monoisotopic (exact) mass is 799 g/mol. The number of anilines is 2. The van der Waals surface area contributed by atoms with Crippen LogP contribution in [0.5, 0.6) is 11.5 Å². The number of hydrogen-bond donors (Lipinski definition) is 2. The average Bonchev–Trinajstić information content (AvgIpc) is 3.81. The van der Waals surface area contributed by atoms with Crippen molar-refractivity contribution in [3.05, 3.63) is 95.3 Å². The first-order valence-corrected chi connectivity index (χ1v) is 19.0. The third-order valence-corrected chi connectivity index (χ3v) is 13.9. The Hall–Kier alpha value is -3.29. The van der Waals surface area contributed by atoms with Crippen LogP contribution in [0.25, 0.3) is 0 Å². The molecule has 0 spiro atoms. The Bertz CT molecular complexity index is 2070. The third kappa shape index (κ3) is 5.60. The number of thioether (sulfide) groups is 1. The molecule has 7 atom stereocenters. The van der Waals surface area contributed by atoms with Crippen molar-refractivity contribution in [2.24, 2.45) is 29.6 Å². The summed E-state index contributed by atoms with van der Waals surface area (Å²) >= 11 is 18.3. The Balaban J connectivity index is 1.09. The minimum absolute atomic E-state index is 0.00366. The number of nitrogens with one attached hydrogen (secondary N) is 2. The van der Waals surface area contributed by atoms with Gasteiger partial charge in [0, 0.05) is 26.2 Å². The van der Waals surface area contributed by atoms with Gasteiger partial charge in [0.1, 0.15) is 0 Å². The number of hydrogen-bond acceptors (Lipinski definition) is 8. The first-order valence-electron chi connectivity index (χ1n) is 15.8. The van der Waals surface area contributed by atoms with Crippen LogP contribution in [-0.4, -0.2) is 41.2 Å². The number of carbonyl (C=O) groups is 3. The van der Waals surface area contributed by atoms with Gasteiger partial charge in [0.05, 0.1) is 39.2 Å². The Morgan fingerprint density at radius 1 is 0.959 bits per heavy atom. The van der Waals surface area contributed by atoms with Crippen LogP contribution in [0, 0.1) is 29.6 Å². The molecule has 0 unspecified atom stereocenters. The number of carbonyl (C=O) groups excluding carboxylic acids is 3. The zero-order chi connectivity index (χ0) is 34.1. The maximum absolute atomic E-state index is 14.0. The predicted octanol–water partition coefficient (Wildman–Crippen LogP) is 7.60. The SMILES string of the molecule is CCOc1cc([C@@H]2c3sc(=O)[nH]c3S[C@@H]3[C@@H]4C[C@@H]([C@@H]5C(=O)N(c6ccc(Br)cc6)C(=O)[C@@H]45)[C@H]23)ccc1OCC(=O)Nc1ccc(Cl)c(Cl)c1. The number of H-pyrrole nitrogens is 1. The quantitative estimate of drug-likeness (QED) is 0.176. The van der Waals surface area contributed by atoms with Crippen molar-refractivity contribution in [2.45, 2.75) is 29.5 Å². The number of benzene rings is 3. The summed E-state index contributed by atoms with van der Waals surface area (Å²) in [6.07, 6.45) is 0.784. The topological polar surface area (TPSA) is 118 Å². The van der Waals surface area contributed by atoms with Crippen molar-refractivity contribution in [3.8, 4) is 11.5 Å². The summed E-state index contributed by atoms with van der Waals surface area (Å²) in [7, 11) is 0. The van der Waals surface area contributed by atoms with Gasteiger partial charge in [-0.1, -0.05) is 56.5 Å². The summed E-state index contributed by atoms with van der Waals surface area (Å²) in [5.41, 5.74) is 2.00. The highest BCUT2D eigenvalue weighted by Crippen LogP contribution is 2.68. The highest BCUT2D eigenvalue weighted by molar-refractivity contribution is 9.10. The molecule has 0 radical (unpaired) electrons. The molecule has 3 fully saturated rings. The van der Waals surface area contributed by atoms with Gasteiger partial charge in [-0.3, -0.25) is 24.1 Å². The Kier molecular flexibility index (Phi) is 8.59. The van der Waals surface area contributed by atoms with Gasteiger partial charge in [-0.25, -0.2) is 0 Å². The lowest BCUT2D eigenvalue weighted by Gasteiger charge is -2.43. The molecule has 3 aromatic carbocycles. The summed E-state index contributed by atoms with van der Waals surface area (Å²) in [4.78, 5) is 58.6. The van der Waals surface area contributed by atoms with Gasteiger partial charge >= 0.3 is 4.87 Å². The fourth-order valence-corrected chi connectivity index (χ4v) is 11.7. The van der Waals surface area contributed by atoms with Gasteiger partial charge in [0.15, 0.2) is 18.1 Å². The van der Waals surface area contributed by atoms with Gasteiger partial charge in [-0.05, 0) is 91.3 Å². The van der Waals surface area contributed by atoms with E-state index in [2.05, 4.69) is 26.2 Å². The highest BCUT2D eigenvalue weighted by atomic mass is 79.9. The maximum atomic E-state index is 14.0. The summed E-state index contributed by atoms with van der Waals surface area (Å²) in [5, 5.41) is 4.33. The number of fused-ring (bicyclic) bond motifs is 9. The van der Waals surface area contributed by atoms with E-state index in [1.54, 1.807) is 48.2 Å². The molecule has 2 aliphatic heterocycles. The summed E-state index contributed by atoms with van der Waals surface area (Å²) in [6.45, 7) is 1.96. The van der Waals surface area contributed by atoms with Gasteiger partial charge in [-0.15, -0.1) is 11.8 Å². The zero-order valence-corrected chi connectivity index (χ0v) is 30.5. The Labute approximate surface area is 307 Å². The number of aromatic nitrogens is 1. The number of halogens is 3. The van der Waals surface area contributed by atoms with Crippen molar-refractivity contribution >= 4 is 91.3 Å². The molecule has 4 aliphatic rings. The highest BCUT2D eigenvalue weighted by Gasteiger charge is 2.69. The number of amides is 3. The molecule has 2 saturated carbocycles. The smallest absolute Gasteiger partial charge is 0.305 e. The van der Waals surface area contributed by atoms with Crippen molar-refractivity contribution in [1.29, 1.82) is 0 Å². The van der Waals surface area contributed by atoms with Gasteiger partial charge < -0.3 is 19.8 Å². The molecule has 14 heteroatoms. The minimum Gasteiger partial charge on any atom is -0.490 e. The van der Waals surface area contributed by atoms with E-state index in [-0.39, 0.29) is 64.0 Å². The van der Waals surface area contributed by atoms with Crippen molar-refractivity contribution < 1.29 is 23.9 Å². The van der Waals surface area contributed by atoms with Crippen molar-refractivity contribution in [2.75, 3.05) is 23.4 Å². The fraction of sp³-hybridized carbons (Fsp3) is 0.314. The Morgan fingerprint density at radius 2 is 1.71 bits per heavy atom. The van der Waals surface area contributed by atoms with E-state index in [1.807, 2.05) is 31.2 Å². The van der Waals surface area contributed by atoms with E-state index in [4.69, 9.17) is 32.7 Å². The molecule has 252 valence electrons. The van der Waals surface area contributed by atoms with Crippen LogP contribution in [0.15, 0.2) is 75.0 Å². The number of rotatable bonds is 8. The molecule has 49 heavy (non-hydrogen) atoms. The standard InChI is InChI=1S/C35H28BrCl2N3O6S2/c1-2-46-24-11-15(3-10-23(24)47-14-25(42)39-17-6-9-21(37)22(38)12-17)26-27-19-13-20(30(27)48-32-31(26)49-35(45)40-32)29-28(19)33(43)41(34(29)44)18-7-4-16(36)5-8-18/h3-12,19-20,26-30H,2,13-14H2,1H3,(H,39,42)(H,40,45)/t19-,20-,26+,27-,28+,29+,30-/m1/s1. The van der Waals surface area contributed by atoms with E-state index in [0.717, 1.165) is 26.4 Å². The summed E-state index contributed by atoms with van der Waals surface area (Å²) < 4.78 is 12.8. The number of ether oxygens (including phenoxy) is 2. The van der Waals surface area contributed by atoms with Crippen LogP contribution in [0.3, 0.4) is 0 Å². The molecule has 2 aliphatic carbocycles. The molecule has 4 aromatic rings. The number of aromatic amines is 1. The minimum atomic E-state index is -0.411. The van der Waals surface area contributed by atoms with E-state index in [1.165, 1.54) is 16.2 Å². The molecule has 1 aromatic heterocycles. The lowest BCUT2D eigenvalue weighted by atomic mass is 9.68. The van der Waals surface area contributed by atoms with Crippen molar-refractivity contribution in [1.82, 2.24) is 4.98 Å². The summed E-state index contributed by atoms with van der Waals surface area (Å²) in [5.74, 6) is -0.787. The van der Waals surface area contributed by atoms with E-state index < -0.39 is 5.92 Å². The van der Waals surface area contributed by atoms with Crippen LogP contribution in [0.1, 0.15) is 29.7 Å². The van der Waals surface area contributed by atoms with Crippen LogP contribution >= 0.6 is 62.2 Å². The molecular weight excluding hydrogens is 773 g/mol. The fourth-order valence-electron chi connectivity index (χ4n) is 8.25. The second-order valence-corrected chi connectivity index (χ2v) is 16.5. The normalized spacial score (nSPS) is 26.4. The van der Waals surface area contributed by atoms with Gasteiger partial charge in [-0.2, -0.15) is 0 Å². The molecule has 8 rings (SSSR count). The van der Waals surface area contributed by atoms with Crippen LogP contribution in [-0.2, 0) is 14.4 Å². The van der Waals surface area contributed by atoms with Crippen LogP contribution < -0.4 is 24.6 Å². The first-order chi connectivity index (χ1) is 23.6. The lowest BCUT2D eigenvalue weighted by Crippen LogP contribution is -2.42. The van der Waals surface area contributed by atoms with Gasteiger partial charge in [0.2, 0.25) is 11.8 Å². The lowest BCUT2D eigenvalue weighted by molar-refractivity contribution is -0.123. The van der Waals surface area contributed by atoms with Crippen molar-refractivity contribution in [3.63, 3.8) is 0 Å². The molecule has 9 nitrogen and oxygen atoms in total. The Morgan fingerprint density at radius 3 is 2.45 bits per heavy atom. The molecule has 2 bridgehead atoms.